The second-order valence-corrected chi connectivity index (χ2v) is 8.87. The van der Waals surface area contributed by atoms with Crippen molar-refractivity contribution in [1.29, 1.82) is 0 Å². The largest absolute Gasteiger partial charge is 0.293 e. The Hall–Kier alpha value is -0.780. The van der Waals surface area contributed by atoms with Crippen LogP contribution in [0, 0.1) is 6.92 Å². The highest BCUT2D eigenvalue weighted by atomic mass is 32.1. The lowest BCUT2D eigenvalue weighted by Gasteiger charge is -2.23. The molecule has 0 saturated carbocycles. The zero-order valence-electron chi connectivity index (χ0n) is 14.7. The molecular weight excluding hydrogens is 310 g/mol. The van der Waals surface area contributed by atoms with Gasteiger partial charge in [-0.05, 0) is 27.3 Å². The Labute approximate surface area is 142 Å². The highest BCUT2D eigenvalue weighted by molar-refractivity contribution is 7.11. The lowest BCUT2D eigenvalue weighted by molar-refractivity contribution is 0.252. The molecule has 5 heteroatoms. The van der Waals surface area contributed by atoms with Gasteiger partial charge in [0.1, 0.15) is 0 Å². The molecular formula is C17H27N3S2. The van der Waals surface area contributed by atoms with E-state index in [1.54, 1.807) is 11.3 Å². The van der Waals surface area contributed by atoms with E-state index < -0.39 is 0 Å². The predicted octanol–water partition coefficient (Wildman–Crippen LogP) is 4.96. The van der Waals surface area contributed by atoms with Gasteiger partial charge in [0.05, 0.1) is 21.4 Å². The number of aryl methyl sites for hydroxylation is 2. The number of nitrogens with zero attached hydrogens (tertiary/aromatic N) is 3. The molecule has 0 unspecified atom stereocenters. The fourth-order valence-corrected chi connectivity index (χ4v) is 4.34. The van der Waals surface area contributed by atoms with Crippen LogP contribution in [0.25, 0.3) is 0 Å². The number of thiazole rings is 2. The molecule has 0 amide bonds. The Morgan fingerprint density at radius 3 is 2.45 bits per heavy atom. The van der Waals surface area contributed by atoms with Crippen LogP contribution in [0.5, 0.6) is 0 Å². The quantitative estimate of drug-likeness (QED) is 0.772. The van der Waals surface area contributed by atoms with Gasteiger partial charge in [-0.1, -0.05) is 27.7 Å². The Kier molecular flexibility index (Phi) is 5.41. The van der Waals surface area contributed by atoms with Gasteiger partial charge in [-0.3, -0.25) is 4.90 Å². The molecule has 0 aliphatic heterocycles. The average Bonchev–Trinajstić information content (AvgIpc) is 3.04. The predicted molar refractivity (Wildman–Crippen MR) is 96.9 cm³/mol. The third-order valence-electron chi connectivity index (χ3n) is 3.82. The SMILES string of the molecule is CCc1nc(C)c([C@H](C)N(C)Cc2csc(C(C)(C)C)n2)s1. The zero-order chi connectivity index (χ0) is 16.5. The molecule has 0 radical (unpaired) electrons. The molecule has 0 spiro atoms. The first-order valence-electron chi connectivity index (χ1n) is 7.83. The Bertz CT molecular complexity index is 622. The van der Waals surface area contributed by atoms with E-state index in [0.717, 1.165) is 13.0 Å². The second-order valence-electron chi connectivity index (χ2n) is 6.90. The van der Waals surface area contributed by atoms with Gasteiger partial charge < -0.3 is 0 Å². The van der Waals surface area contributed by atoms with Crippen LogP contribution in [0.15, 0.2) is 5.38 Å². The maximum absolute atomic E-state index is 4.81. The molecule has 2 aromatic rings. The summed E-state index contributed by atoms with van der Waals surface area (Å²) in [6, 6.07) is 0.373. The summed E-state index contributed by atoms with van der Waals surface area (Å²) in [4.78, 5) is 13.2. The molecule has 0 aromatic carbocycles. The van der Waals surface area contributed by atoms with Crippen molar-refractivity contribution in [2.75, 3.05) is 7.05 Å². The van der Waals surface area contributed by atoms with Gasteiger partial charge in [0.15, 0.2) is 0 Å². The molecule has 0 saturated heterocycles. The van der Waals surface area contributed by atoms with Crippen LogP contribution in [0.2, 0.25) is 0 Å². The van der Waals surface area contributed by atoms with E-state index in [-0.39, 0.29) is 5.41 Å². The van der Waals surface area contributed by atoms with Crippen LogP contribution in [-0.2, 0) is 18.4 Å². The van der Waals surface area contributed by atoms with Gasteiger partial charge in [-0.15, -0.1) is 22.7 Å². The van der Waals surface area contributed by atoms with E-state index in [1.165, 1.54) is 26.3 Å². The molecule has 122 valence electrons. The van der Waals surface area contributed by atoms with Crippen molar-refractivity contribution in [1.82, 2.24) is 14.9 Å². The lowest BCUT2D eigenvalue weighted by atomic mass is 9.98. The van der Waals surface area contributed by atoms with Gasteiger partial charge in [0.25, 0.3) is 0 Å². The average molecular weight is 338 g/mol. The topological polar surface area (TPSA) is 29.0 Å². The standard InChI is InChI=1S/C17H27N3S2/c1-8-14-18-11(2)15(22-14)12(3)20(7)9-13-10-21-16(19-13)17(4,5)6/h10,12H,8-9H2,1-7H3/t12-/m0/s1. The van der Waals surface area contributed by atoms with Gasteiger partial charge >= 0.3 is 0 Å². The summed E-state index contributed by atoms with van der Waals surface area (Å²) >= 11 is 3.61. The molecule has 0 bridgehead atoms. The molecule has 0 fully saturated rings. The third kappa shape index (κ3) is 3.94. The molecule has 0 N–H and O–H groups in total. The summed E-state index contributed by atoms with van der Waals surface area (Å²) in [5, 5.41) is 4.64. The number of rotatable bonds is 5. The number of hydrogen-bond donors (Lipinski definition) is 0. The molecule has 2 rings (SSSR count). The summed E-state index contributed by atoms with van der Waals surface area (Å²) < 4.78 is 0. The first-order chi connectivity index (χ1) is 10.2. The van der Waals surface area contributed by atoms with E-state index in [0.29, 0.717) is 6.04 Å². The second kappa shape index (κ2) is 6.77. The molecule has 3 nitrogen and oxygen atoms in total. The van der Waals surface area contributed by atoms with Crippen molar-refractivity contribution in [3.05, 3.63) is 31.7 Å². The van der Waals surface area contributed by atoms with Crippen molar-refractivity contribution in [3.63, 3.8) is 0 Å². The summed E-state index contributed by atoms with van der Waals surface area (Å²) in [5.74, 6) is 0. The summed E-state index contributed by atoms with van der Waals surface area (Å²) in [6.45, 7) is 14.1. The van der Waals surface area contributed by atoms with E-state index >= 15 is 0 Å². The monoisotopic (exact) mass is 337 g/mol. The zero-order valence-corrected chi connectivity index (χ0v) is 16.4. The number of aromatic nitrogens is 2. The van der Waals surface area contributed by atoms with Crippen molar-refractivity contribution >= 4 is 22.7 Å². The van der Waals surface area contributed by atoms with Crippen LogP contribution in [0.4, 0.5) is 0 Å². The Morgan fingerprint density at radius 2 is 1.95 bits per heavy atom. The van der Waals surface area contributed by atoms with E-state index in [2.05, 4.69) is 63.9 Å². The van der Waals surface area contributed by atoms with Crippen LogP contribution in [0.1, 0.15) is 66.9 Å². The van der Waals surface area contributed by atoms with Crippen LogP contribution < -0.4 is 0 Å². The van der Waals surface area contributed by atoms with E-state index in [4.69, 9.17) is 4.98 Å². The molecule has 0 aliphatic carbocycles. The van der Waals surface area contributed by atoms with E-state index in [1.807, 2.05) is 11.3 Å². The number of hydrogen-bond acceptors (Lipinski definition) is 5. The highest BCUT2D eigenvalue weighted by Crippen LogP contribution is 2.31. The van der Waals surface area contributed by atoms with Crippen molar-refractivity contribution in [2.24, 2.45) is 0 Å². The van der Waals surface area contributed by atoms with Crippen molar-refractivity contribution in [2.45, 2.75) is 66.0 Å². The fourth-order valence-electron chi connectivity index (χ4n) is 2.32. The minimum Gasteiger partial charge on any atom is -0.293 e. The summed E-state index contributed by atoms with van der Waals surface area (Å²) in [6.07, 6.45) is 1.02. The highest BCUT2D eigenvalue weighted by Gasteiger charge is 2.21. The lowest BCUT2D eigenvalue weighted by Crippen LogP contribution is -2.22. The minimum atomic E-state index is 0.136. The smallest absolute Gasteiger partial charge is 0.0982 e. The van der Waals surface area contributed by atoms with Gasteiger partial charge in [-0.2, -0.15) is 0 Å². The summed E-state index contributed by atoms with van der Waals surface area (Å²) in [7, 11) is 2.17. The third-order valence-corrected chi connectivity index (χ3v) is 6.61. The minimum absolute atomic E-state index is 0.136. The summed E-state index contributed by atoms with van der Waals surface area (Å²) in [5.41, 5.74) is 2.48. The molecule has 0 aliphatic rings. The van der Waals surface area contributed by atoms with Crippen molar-refractivity contribution < 1.29 is 0 Å². The molecule has 22 heavy (non-hydrogen) atoms. The Morgan fingerprint density at radius 1 is 1.27 bits per heavy atom. The fraction of sp³-hybridized carbons (Fsp3) is 0.647. The van der Waals surface area contributed by atoms with Crippen LogP contribution in [0.3, 0.4) is 0 Å². The first kappa shape index (κ1) is 17.6. The van der Waals surface area contributed by atoms with Crippen LogP contribution >= 0.6 is 22.7 Å². The molecule has 2 heterocycles. The first-order valence-corrected chi connectivity index (χ1v) is 9.53. The van der Waals surface area contributed by atoms with Crippen molar-refractivity contribution in [3.8, 4) is 0 Å². The van der Waals surface area contributed by atoms with Gasteiger partial charge in [-0.25, -0.2) is 9.97 Å². The van der Waals surface area contributed by atoms with Crippen LogP contribution in [-0.4, -0.2) is 21.9 Å². The maximum Gasteiger partial charge on any atom is 0.0982 e. The van der Waals surface area contributed by atoms with Gasteiger partial charge in [0, 0.05) is 28.3 Å². The Balaban J connectivity index is 2.09. The maximum atomic E-state index is 4.81. The molecule has 1 atom stereocenters. The normalized spacial score (nSPS) is 13.8. The van der Waals surface area contributed by atoms with E-state index in [9.17, 15) is 0 Å². The van der Waals surface area contributed by atoms with Gasteiger partial charge in [0.2, 0.25) is 0 Å². The molecule has 2 aromatic heterocycles.